The van der Waals surface area contributed by atoms with Crippen molar-refractivity contribution < 1.29 is 14.3 Å². The standard InChI is InChI=1S/C20H18BrNO3S2/c1-24-10-9-22-19(23)18(27-20(22)26)12-15-11-16(21)7-8-17(15)25-13-14-5-3-2-4-6-14/h2-8,11-12H,9-10,13H2,1H3/b18-12-. The number of carbonyl (C=O) groups is 1. The number of amides is 1. The number of benzene rings is 2. The highest BCUT2D eigenvalue weighted by Crippen LogP contribution is 2.35. The Bertz CT molecular complexity index is 871. The van der Waals surface area contributed by atoms with E-state index in [4.69, 9.17) is 21.7 Å². The molecule has 2 aromatic carbocycles. The van der Waals surface area contributed by atoms with E-state index in [0.717, 1.165) is 15.6 Å². The van der Waals surface area contributed by atoms with Crippen molar-refractivity contribution in [3.63, 3.8) is 0 Å². The lowest BCUT2D eigenvalue weighted by Crippen LogP contribution is -2.31. The second kappa shape index (κ2) is 9.50. The molecule has 0 N–H and O–H groups in total. The first-order valence-corrected chi connectivity index (χ1v) is 10.3. The van der Waals surface area contributed by atoms with Gasteiger partial charge >= 0.3 is 0 Å². The number of ether oxygens (including phenoxy) is 2. The van der Waals surface area contributed by atoms with Crippen LogP contribution in [0.3, 0.4) is 0 Å². The van der Waals surface area contributed by atoms with Crippen LogP contribution in [0.4, 0.5) is 0 Å². The Balaban J connectivity index is 1.81. The van der Waals surface area contributed by atoms with Crippen LogP contribution < -0.4 is 4.74 Å². The second-order valence-corrected chi connectivity index (χ2v) is 8.37. The van der Waals surface area contributed by atoms with Crippen LogP contribution in [0.15, 0.2) is 57.9 Å². The quantitative estimate of drug-likeness (QED) is 0.432. The summed E-state index contributed by atoms with van der Waals surface area (Å²) >= 11 is 10.1. The molecule has 1 aliphatic rings. The van der Waals surface area contributed by atoms with Crippen molar-refractivity contribution >= 4 is 56.2 Å². The molecule has 27 heavy (non-hydrogen) atoms. The minimum absolute atomic E-state index is 0.101. The Morgan fingerprint density at radius 1 is 1.22 bits per heavy atom. The van der Waals surface area contributed by atoms with Crippen molar-refractivity contribution in [2.24, 2.45) is 0 Å². The number of rotatable bonds is 7. The lowest BCUT2D eigenvalue weighted by atomic mass is 10.1. The molecule has 0 unspecified atom stereocenters. The van der Waals surface area contributed by atoms with E-state index in [2.05, 4.69) is 15.9 Å². The first-order valence-electron chi connectivity index (χ1n) is 8.29. The topological polar surface area (TPSA) is 38.8 Å². The number of thiocarbonyl (C=S) groups is 1. The molecule has 140 valence electrons. The third-order valence-corrected chi connectivity index (χ3v) is 5.76. The molecule has 1 aliphatic heterocycles. The fourth-order valence-corrected chi connectivity index (χ4v) is 4.19. The van der Waals surface area contributed by atoms with Gasteiger partial charge in [-0.05, 0) is 29.8 Å². The summed E-state index contributed by atoms with van der Waals surface area (Å²) in [5.74, 6) is 0.611. The summed E-state index contributed by atoms with van der Waals surface area (Å²) in [4.78, 5) is 14.8. The van der Waals surface area contributed by atoms with Crippen molar-refractivity contribution in [1.82, 2.24) is 4.90 Å². The second-order valence-electron chi connectivity index (χ2n) is 5.78. The van der Waals surface area contributed by atoms with Crippen LogP contribution in [0.2, 0.25) is 0 Å². The first kappa shape index (κ1) is 20.1. The minimum Gasteiger partial charge on any atom is -0.488 e. The van der Waals surface area contributed by atoms with Crippen molar-refractivity contribution in [1.29, 1.82) is 0 Å². The Morgan fingerprint density at radius 3 is 2.74 bits per heavy atom. The van der Waals surface area contributed by atoms with Crippen molar-refractivity contribution in [2.45, 2.75) is 6.61 Å². The molecule has 1 heterocycles. The molecule has 3 rings (SSSR count). The minimum atomic E-state index is -0.101. The maximum absolute atomic E-state index is 12.6. The Morgan fingerprint density at radius 2 is 2.00 bits per heavy atom. The van der Waals surface area contributed by atoms with Crippen molar-refractivity contribution in [3.05, 3.63) is 69.0 Å². The number of hydrogen-bond acceptors (Lipinski definition) is 5. The van der Waals surface area contributed by atoms with E-state index < -0.39 is 0 Å². The molecule has 7 heteroatoms. The third kappa shape index (κ3) is 5.19. The smallest absolute Gasteiger partial charge is 0.266 e. The van der Waals surface area contributed by atoms with Gasteiger partial charge in [-0.1, -0.05) is 70.2 Å². The van der Waals surface area contributed by atoms with E-state index in [1.807, 2.05) is 54.6 Å². The Kier molecular flexibility index (Phi) is 7.07. The van der Waals surface area contributed by atoms with E-state index in [1.165, 1.54) is 11.8 Å². The number of nitrogens with zero attached hydrogens (tertiary/aromatic N) is 1. The summed E-state index contributed by atoms with van der Waals surface area (Å²) in [6.45, 7) is 1.36. The van der Waals surface area contributed by atoms with Gasteiger partial charge in [0.1, 0.15) is 16.7 Å². The normalized spacial score (nSPS) is 15.6. The van der Waals surface area contributed by atoms with E-state index in [-0.39, 0.29) is 5.91 Å². The third-order valence-electron chi connectivity index (χ3n) is 3.89. The number of methoxy groups -OCH3 is 1. The van der Waals surface area contributed by atoms with E-state index in [0.29, 0.717) is 34.7 Å². The highest BCUT2D eigenvalue weighted by Gasteiger charge is 2.31. The number of carbonyl (C=O) groups excluding carboxylic acids is 1. The molecular formula is C20H18BrNO3S2. The van der Waals surface area contributed by atoms with Crippen LogP contribution in [-0.4, -0.2) is 35.4 Å². The van der Waals surface area contributed by atoms with Crippen molar-refractivity contribution in [2.75, 3.05) is 20.3 Å². The van der Waals surface area contributed by atoms with Crippen molar-refractivity contribution in [3.8, 4) is 5.75 Å². The maximum Gasteiger partial charge on any atom is 0.266 e. The van der Waals surface area contributed by atoms with Gasteiger partial charge in [-0.25, -0.2) is 0 Å². The number of halogens is 1. The highest BCUT2D eigenvalue weighted by molar-refractivity contribution is 9.10. The van der Waals surface area contributed by atoms with Crippen LogP contribution >= 0.6 is 39.9 Å². The molecule has 0 atom stereocenters. The lowest BCUT2D eigenvalue weighted by molar-refractivity contribution is -0.122. The molecule has 0 aliphatic carbocycles. The Labute approximate surface area is 176 Å². The lowest BCUT2D eigenvalue weighted by Gasteiger charge is -2.13. The molecule has 0 radical (unpaired) electrons. The largest absolute Gasteiger partial charge is 0.488 e. The molecular weight excluding hydrogens is 446 g/mol. The summed E-state index contributed by atoms with van der Waals surface area (Å²) in [7, 11) is 1.60. The summed E-state index contributed by atoms with van der Waals surface area (Å²) in [5, 5.41) is 0. The zero-order chi connectivity index (χ0) is 19.2. The van der Waals surface area contributed by atoms with Crippen LogP contribution in [-0.2, 0) is 16.1 Å². The van der Waals surface area contributed by atoms with Gasteiger partial charge in [0.2, 0.25) is 0 Å². The molecule has 0 bridgehead atoms. The molecule has 0 spiro atoms. The molecule has 0 saturated carbocycles. The van der Waals surface area contributed by atoms with Gasteiger partial charge in [-0.3, -0.25) is 9.69 Å². The van der Waals surface area contributed by atoms with Gasteiger partial charge < -0.3 is 9.47 Å². The van der Waals surface area contributed by atoms with Crippen LogP contribution in [0.5, 0.6) is 5.75 Å². The predicted molar refractivity (Wildman–Crippen MR) is 117 cm³/mol. The number of hydrogen-bond donors (Lipinski definition) is 0. The summed E-state index contributed by atoms with van der Waals surface area (Å²) in [6, 6.07) is 15.7. The van der Waals surface area contributed by atoms with Crippen LogP contribution in [0.1, 0.15) is 11.1 Å². The van der Waals surface area contributed by atoms with Gasteiger partial charge in [0.25, 0.3) is 5.91 Å². The highest BCUT2D eigenvalue weighted by atomic mass is 79.9. The molecule has 4 nitrogen and oxygen atoms in total. The first-order chi connectivity index (χ1) is 13.1. The summed E-state index contributed by atoms with van der Waals surface area (Å²) in [6.07, 6.45) is 1.83. The average molecular weight is 464 g/mol. The van der Waals surface area contributed by atoms with E-state index >= 15 is 0 Å². The van der Waals surface area contributed by atoms with Gasteiger partial charge in [-0.2, -0.15) is 0 Å². The maximum atomic E-state index is 12.6. The molecule has 2 aromatic rings. The molecule has 1 fully saturated rings. The van der Waals surface area contributed by atoms with Gasteiger partial charge in [0.05, 0.1) is 18.1 Å². The Hall–Kier alpha value is -1.67. The predicted octanol–water partition coefficient (Wildman–Crippen LogP) is 4.88. The van der Waals surface area contributed by atoms with Gasteiger partial charge in [-0.15, -0.1) is 0 Å². The summed E-state index contributed by atoms with van der Waals surface area (Å²) in [5.41, 5.74) is 1.91. The van der Waals surface area contributed by atoms with Gasteiger partial charge in [0.15, 0.2) is 0 Å². The fraction of sp³-hybridized carbons (Fsp3) is 0.200. The zero-order valence-corrected chi connectivity index (χ0v) is 17.9. The zero-order valence-electron chi connectivity index (χ0n) is 14.7. The van der Waals surface area contributed by atoms with E-state index in [9.17, 15) is 4.79 Å². The van der Waals surface area contributed by atoms with Gasteiger partial charge in [0, 0.05) is 17.1 Å². The number of thioether (sulfide) groups is 1. The molecule has 1 saturated heterocycles. The molecule has 1 amide bonds. The average Bonchev–Trinajstić information content (AvgIpc) is 2.93. The van der Waals surface area contributed by atoms with E-state index in [1.54, 1.807) is 12.0 Å². The molecule has 0 aromatic heterocycles. The van der Waals surface area contributed by atoms with Crippen LogP contribution in [0.25, 0.3) is 6.08 Å². The SMILES string of the molecule is COCCN1C(=O)/C(=C/c2cc(Br)ccc2OCc2ccccc2)SC1=S. The fourth-order valence-electron chi connectivity index (χ4n) is 2.52. The van der Waals surface area contributed by atoms with Crippen LogP contribution in [0, 0.1) is 0 Å². The monoisotopic (exact) mass is 463 g/mol. The summed E-state index contributed by atoms with van der Waals surface area (Å²) < 4.78 is 12.5.